The van der Waals surface area contributed by atoms with E-state index in [9.17, 15) is 13.6 Å². The second kappa shape index (κ2) is 3.46. The Kier molecular flexibility index (Phi) is 2.43. The van der Waals surface area contributed by atoms with Crippen LogP contribution in [-0.4, -0.2) is 30.5 Å². The molecule has 0 aromatic heterocycles. The van der Waals surface area contributed by atoms with Gasteiger partial charge < -0.3 is 5.32 Å². The van der Waals surface area contributed by atoms with Gasteiger partial charge >= 0.3 is 0 Å². The molecule has 0 aromatic carbocycles. The zero-order chi connectivity index (χ0) is 10.3. The summed E-state index contributed by atoms with van der Waals surface area (Å²) in [6.45, 7) is 1.79. The van der Waals surface area contributed by atoms with Gasteiger partial charge in [-0.05, 0) is 19.8 Å². The van der Waals surface area contributed by atoms with Crippen LogP contribution in [0.15, 0.2) is 0 Å². The third kappa shape index (κ3) is 1.61. The highest BCUT2D eigenvalue weighted by Gasteiger charge is 2.43. The SMILES string of the molecule is CC1NC(=O)C2CC(F)C(F)CC2N1. The van der Waals surface area contributed by atoms with Crippen LogP contribution in [0, 0.1) is 5.92 Å². The molecule has 0 bridgehead atoms. The fraction of sp³-hybridized carbons (Fsp3) is 0.889. The number of rotatable bonds is 0. The summed E-state index contributed by atoms with van der Waals surface area (Å²) in [7, 11) is 0. The van der Waals surface area contributed by atoms with Crippen LogP contribution < -0.4 is 10.6 Å². The topological polar surface area (TPSA) is 41.1 Å². The lowest BCUT2D eigenvalue weighted by Gasteiger charge is -2.41. The van der Waals surface area contributed by atoms with E-state index in [1.54, 1.807) is 6.92 Å². The molecule has 3 nitrogen and oxygen atoms in total. The van der Waals surface area contributed by atoms with Crippen molar-refractivity contribution in [1.29, 1.82) is 0 Å². The van der Waals surface area contributed by atoms with E-state index in [0.717, 1.165) is 0 Å². The number of halogens is 2. The number of carbonyl (C=O) groups is 1. The molecule has 0 radical (unpaired) electrons. The van der Waals surface area contributed by atoms with E-state index in [0.29, 0.717) is 0 Å². The van der Waals surface area contributed by atoms with Gasteiger partial charge in [0, 0.05) is 6.04 Å². The molecule has 1 amide bonds. The van der Waals surface area contributed by atoms with Gasteiger partial charge in [-0.15, -0.1) is 0 Å². The maximum Gasteiger partial charge on any atom is 0.226 e. The van der Waals surface area contributed by atoms with E-state index in [-0.39, 0.29) is 31.0 Å². The van der Waals surface area contributed by atoms with Crippen molar-refractivity contribution in [3.05, 3.63) is 0 Å². The summed E-state index contributed by atoms with van der Waals surface area (Å²) in [5, 5.41) is 5.74. The highest BCUT2D eigenvalue weighted by atomic mass is 19.2. The number of nitrogens with one attached hydrogen (secondary N) is 2. The first kappa shape index (κ1) is 9.83. The molecule has 2 fully saturated rings. The number of alkyl halides is 2. The molecule has 2 aliphatic rings. The van der Waals surface area contributed by atoms with Crippen molar-refractivity contribution in [3.63, 3.8) is 0 Å². The van der Waals surface area contributed by atoms with Gasteiger partial charge in [0.25, 0.3) is 0 Å². The summed E-state index contributed by atoms with van der Waals surface area (Å²) in [4.78, 5) is 11.5. The van der Waals surface area contributed by atoms with Crippen LogP contribution >= 0.6 is 0 Å². The molecular formula is C9H14F2N2O. The predicted molar refractivity (Wildman–Crippen MR) is 47.0 cm³/mol. The van der Waals surface area contributed by atoms with Crippen LogP contribution in [0.4, 0.5) is 8.78 Å². The molecule has 1 aliphatic carbocycles. The van der Waals surface area contributed by atoms with Crippen LogP contribution in [0.1, 0.15) is 19.8 Å². The first-order valence-electron chi connectivity index (χ1n) is 4.92. The average molecular weight is 204 g/mol. The highest BCUT2D eigenvalue weighted by Crippen LogP contribution is 2.31. The Hall–Kier alpha value is -0.710. The van der Waals surface area contributed by atoms with Crippen LogP contribution in [-0.2, 0) is 4.79 Å². The molecule has 5 unspecified atom stereocenters. The lowest BCUT2D eigenvalue weighted by Crippen LogP contribution is -2.63. The van der Waals surface area contributed by atoms with E-state index in [1.165, 1.54) is 0 Å². The zero-order valence-electron chi connectivity index (χ0n) is 7.97. The summed E-state index contributed by atoms with van der Waals surface area (Å²) in [5.74, 6) is -0.566. The number of carbonyl (C=O) groups excluding carboxylic acids is 1. The lowest BCUT2D eigenvalue weighted by molar-refractivity contribution is -0.132. The fourth-order valence-corrected chi connectivity index (χ4v) is 2.27. The molecule has 1 saturated heterocycles. The molecular weight excluding hydrogens is 190 g/mol. The van der Waals surface area contributed by atoms with Crippen LogP contribution in [0.25, 0.3) is 0 Å². The van der Waals surface area contributed by atoms with Crippen molar-refractivity contribution >= 4 is 5.91 Å². The average Bonchev–Trinajstić information content (AvgIpc) is 2.08. The van der Waals surface area contributed by atoms with Gasteiger partial charge in [-0.1, -0.05) is 0 Å². The minimum atomic E-state index is -1.49. The van der Waals surface area contributed by atoms with E-state index in [1.807, 2.05) is 0 Å². The molecule has 1 saturated carbocycles. The number of hydrogen-bond donors (Lipinski definition) is 2. The van der Waals surface area contributed by atoms with Crippen molar-refractivity contribution in [2.45, 2.75) is 44.3 Å². The van der Waals surface area contributed by atoms with Gasteiger partial charge in [-0.3, -0.25) is 10.1 Å². The van der Waals surface area contributed by atoms with Crippen LogP contribution in [0.3, 0.4) is 0 Å². The smallest absolute Gasteiger partial charge is 0.226 e. The lowest BCUT2D eigenvalue weighted by atomic mass is 9.80. The van der Waals surface area contributed by atoms with Gasteiger partial charge in [-0.2, -0.15) is 0 Å². The van der Waals surface area contributed by atoms with Gasteiger partial charge in [0.15, 0.2) is 0 Å². The number of hydrogen-bond acceptors (Lipinski definition) is 2. The quantitative estimate of drug-likeness (QED) is 0.603. The molecule has 5 atom stereocenters. The van der Waals surface area contributed by atoms with E-state index < -0.39 is 18.3 Å². The summed E-state index contributed by atoms with van der Waals surface area (Å²) in [6.07, 6.45) is -2.97. The second-order valence-corrected chi connectivity index (χ2v) is 4.11. The molecule has 1 aliphatic heterocycles. The van der Waals surface area contributed by atoms with Gasteiger partial charge in [-0.25, -0.2) is 8.78 Å². The number of amides is 1. The minimum Gasteiger partial charge on any atom is -0.341 e. The van der Waals surface area contributed by atoms with Crippen molar-refractivity contribution in [1.82, 2.24) is 10.6 Å². The first-order chi connectivity index (χ1) is 6.58. The highest BCUT2D eigenvalue weighted by molar-refractivity contribution is 5.80. The molecule has 1 heterocycles. The summed E-state index contributed by atoms with van der Waals surface area (Å²) >= 11 is 0. The Morgan fingerprint density at radius 3 is 2.64 bits per heavy atom. The summed E-state index contributed by atoms with van der Waals surface area (Å²) < 4.78 is 26.1. The maximum absolute atomic E-state index is 13.1. The van der Waals surface area contributed by atoms with Crippen LogP contribution in [0.2, 0.25) is 0 Å². The number of fused-ring (bicyclic) bond motifs is 1. The first-order valence-corrected chi connectivity index (χ1v) is 4.92. The minimum absolute atomic E-state index is 0.00259. The van der Waals surface area contributed by atoms with Gasteiger partial charge in [0.05, 0.1) is 12.1 Å². The molecule has 0 aromatic rings. The molecule has 5 heteroatoms. The van der Waals surface area contributed by atoms with E-state index in [4.69, 9.17) is 0 Å². The Morgan fingerprint density at radius 1 is 1.29 bits per heavy atom. The Bertz CT molecular complexity index is 249. The zero-order valence-corrected chi connectivity index (χ0v) is 7.97. The van der Waals surface area contributed by atoms with Gasteiger partial charge in [0.1, 0.15) is 12.3 Å². The third-order valence-electron chi connectivity index (χ3n) is 3.00. The van der Waals surface area contributed by atoms with E-state index >= 15 is 0 Å². The van der Waals surface area contributed by atoms with Crippen LogP contribution in [0.5, 0.6) is 0 Å². The molecule has 0 spiro atoms. The normalized spacial score (nSPS) is 48.2. The van der Waals surface area contributed by atoms with Crippen molar-refractivity contribution in [2.75, 3.05) is 0 Å². The maximum atomic E-state index is 13.1. The second-order valence-electron chi connectivity index (χ2n) is 4.11. The molecule has 2 rings (SSSR count). The predicted octanol–water partition coefficient (Wildman–Crippen LogP) is 0.507. The summed E-state index contributed by atoms with van der Waals surface area (Å²) in [6, 6.07) is -0.208. The Balaban J connectivity index is 2.09. The molecule has 14 heavy (non-hydrogen) atoms. The Morgan fingerprint density at radius 2 is 1.93 bits per heavy atom. The van der Waals surface area contributed by atoms with E-state index in [2.05, 4.69) is 10.6 Å². The molecule has 80 valence electrons. The monoisotopic (exact) mass is 204 g/mol. The van der Waals surface area contributed by atoms with Crippen molar-refractivity contribution < 1.29 is 13.6 Å². The van der Waals surface area contributed by atoms with Crippen molar-refractivity contribution in [2.24, 2.45) is 5.92 Å². The fourth-order valence-electron chi connectivity index (χ4n) is 2.27. The largest absolute Gasteiger partial charge is 0.341 e. The Labute approximate surface area is 81.2 Å². The summed E-state index contributed by atoms with van der Waals surface area (Å²) in [5.41, 5.74) is 0. The molecule has 2 N–H and O–H groups in total. The van der Waals surface area contributed by atoms with Gasteiger partial charge in [0.2, 0.25) is 5.91 Å². The third-order valence-corrected chi connectivity index (χ3v) is 3.00. The standard InChI is InChI=1S/C9H14F2N2O/c1-4-12-8-3-7(11)6(10)2-5(8)9(14)13-4/h4-8,12H,2-3H2,1H3,(H,13,14). The van der Waals surface area contributed by atoms with Crippen molar-refractivity contribution in [3.8, 4) is 0 Å².